The Bertz CT molecular complexity index is 1710. The largest absolute Gasteiger partial charge is 0.478 e. The Morgan fingerprint density at radius 1 is 0.897 bits per heavy atom. The van der Waals surface area contributed by atoms with Crippen LogP contribution in [0.15, 0.2) is 102 Å². The maximum atomic E-state index is 14.0. The summed E-state index contributed by atoms with van der Waals surface area (Å²) in [4.78, 5) is 30.1. The second-order valence-corrected chi connectivity index (χ2v) is 9.79. The normalized spacial score (nSPS) is 16.9. The van der Waals surface area contributed by atoms with E-state index in [-0.39, 0.29) is 29.3 Å². The van der Waals surface area contributed by atoms with Crippen LogP contribution in [-0.4, -0.2) is 26.7 Å². The van der Waals surface area contributed by atoms with E-state index >= 15 is 0 Å². The van der Waals surface area contributed by atoms with Gasteiger partial charge < -0.3 is 15.6 Å². The van der Waals surface area contributed by atoms with Crippen molar-refractivity contribution in [2.45, 2.75) is 31.6 Å². The molecule has 6 rings (SSSR count). The van der Waals surface area contributed by atoms with Crippen LogP contribution < -0.4 is 11.3 Å². The highest BCUT2D eigenvalue weighted by atomic mass is 16.5. The summed E-state index contributed by atoms with van der Waals surface area (Å²) in [6.45, 7) is 0.300. The van der Waals surface area contributed by atoms with Gasteiger partial charge in [0.15, 0.2) is 0 Å². The van der Waals surface area contributed by atoms with Gasteiger partial charge in [-0.3, -0.25) is 9.36 Å². The van der Waals surface area contributed by atoms with Crippen LogP contribution in [0, 0.1) is 0 Å². The van der Waals surface area contributed by atoms with Crippen molar-refractivity contribution < 1.29 is 14.6 Å². The SMILES string of the molecule is Nc1nc2cc(-c3ccccc3)cc(-c3ccc(C(=O)O)cc3)c2c(=O)n1C[C@@H]1CC[C@H](c2ccccc2)O1. The van der Waals surface area contributed by atoms with Gasteiger partial charge >= 0.3 is 5.97 Å². The van der Waals surface area contributed by atoms with Crippen LogP contribution in [0.3, 0.4) is 0 Å². The molecule has 0 radical (unpaired) electrons. The first-order valence-electron chi connectivity index (χ1n) is 12.9. The van der Waals surface area contributed by atoms with Crippen molar-refractivity contribution in [1.82, 2.24) is 9.55 Å². The molecule has 1 saturated heterocycles. The average Bonchev–Trinajstić information content (AvgIpc) is 3.44. The number of rotatable bonds is 6. The Kier molecular flexibility index (Phi) is 6.42. The van der Waals surface area contributed by atoms with Gasteiger partial charge in [0.05, 0.1) is 35.2 Å². The number of benzene rings is 4. The summed E-state index contributed by atoms with van der Waals surface area (Å²) in [5.74, 6) is -0.872. The maximum absolute atomic E-state index is 14.0. The van der Waals surface area contributed by atoms with Crippen molar-refractivity contribution in [3.8, 4) is 22.3 Å². The predicted octanol–water partition coefficient (Wildman–Crippen LogP) is 5.93. The number of hydrogen-bond acceptors (Lipinski definition) is 5. The zero-order chi connectivity index (χ0) is 26.9. The molecule has 0 unspecified atom stereocenters. The van der Waals surface area contributed by atoms with Crippen LogP contribution >= 0.6 is 0 Å². The molecule has 1 fully saturated rings. The number of aromatic carboxylic acids is 1. The standard InChI is InChI=1S/C32H27N3O4/c33-32-34-27-18-24(20-7-3-1-4-8-20)17-26(21-11-13-23(14-12-21)31(37)38)29(27)30(36)35(32)19-25-15-16-28(39-25)22-9-5-2-6-10-22/h1-14,17-18,25,28H,15-16,19H2,(H2,33,34)(H,37,38)/t25-,28+/m0/s1. The van der Waals surface area contributed by atoms with Crippen LogP contribution in [0.4, 0.5) is 5.95 Å². The highest BCUT2D eigenvalue weighted by Gasteiger charge is 2.28. The lowest BCUT2D eigenvalue weighted by molar-refractivity contribution is 0.0348. The molecule has 0 amide bonds. The fourth-order valence-electron chi connectivity index (χ4n) is 5.31. The molecule has 2 atom stereocenters. The van der Waals surface area contributed by atoms with E-state index in [0.29, 0.717) is 23.0 Å². The minimum absolute atomic E-state index is 0.0155. The number of nitrogens with zero attached hydrogens (tertiary/aromatic N) is 2. The number of ether oxygens (including phenoxy) is 1. The number of fused-ring (bicyclic) bond motifs is 1. The molecule has 5 aromatic rings. The third-order valence-electron chi connectivity index (χ3n) is 7.30. The Morgan fingerprint density at radius 2 is 1.59 bits per heavy atom. The minimum Gasteiger partial charge on any atom is -0.478 e. The number of nitrogen functional groups attached to an aromatic ring is 1. The average molecular weight is 518 g/mol. The van der Waals surface area contributed by atoms with Gasteiger partial charge in [-0.15, -0.1) is 0 Å². The van der Waals surface area contributed by atoms with Crippen molar-refractivity contribution in [3.63, 3.8) is 0 Å². The molecule has 7 nitrogen and oxygen atoms in total. The van der Waals surface area contributed by atoms with Gasteiger partial charge in [-0.25, -0.2) is 9.78 Å². The monoisotopic (exact) mass is 517 g/mol. The maximum Gasteiger partial charge on any atom is 0.335 e. The van der Waals surface area contributed by atoms with Crippen LogP contribution in [0.5, 0.6) is 0 Å². The Morgan fingerprint density at radius 3 is 2.28 bits per heavy atom. The molecule has 0 bridgehead atoms. The Hall–Kier alpha value is -4.75. The summed E-state index contributed by atoms with van der Waals surface area (Å²) in [7, 11) is 0. The fraction of sp³-hybridized carbons (Fsp3) is 0.156. The number of hydrogen-bond donors (Lipinski definition) is 2. The molecule has 1 aliphatic rings. The highest BCUT2D eigenvalue weighted by Crippen LogP contribution is 2.35. The number of carboxylic acid groups (broad SMARTS) is 1. The quantitative estimate of drug-likeness (QED) is 0.289. The summed E-state index contributed by atoms with van der Waals surface area (Å²) in [5.41, 5.74) is 11.2. The summed E-state index contributed by atoms with van der Waals surface area (Å²) in [5, 5.41) is 9.79. The summed E-state index contributed by atoms with van der Waals surface area (Å²) >= 11 is 0. The Labute approximate surface area is 225 Å². The second kappa shape index (κ2) is 10.2. The van der Waals surface area contributed by atoms with E-state index in [4.69, 9.17) is 10.5 Å². The number of carboxylic acids is 1. The topological polar surface area (TPSA) is 107 Å². The molecule has 7 heteroatoms. The molecule has 0 saturated carbocycles. The van der Waals surface area contributed by atoms with E-state index in [0.717, 1.165) is 35.1 Å². The van der Waals surface area contributed by atoms with E-state index in [2.05, 4.69) is 17.1 Å². The van der Waals surface area contributed by atoms with Crippen LogP contribution in [0.1, 0.15) is 34.9 Å². The first-order valence-corrected chi connectivity index (χ1v) is 12.9. The fourth-order valence-corrected chi connectivity index (χ4v) is 5.31. The van der Waals surface area contributed by atoms with Gasteiger partial charge in [0, 0.05) is 0 Å². The van der Waals surface area contributed by atoms with Crippen molar-refractivity contribution in [2.75, 3.05) is 5.73 Å². The van der Waals surface area contributed by atoms with Crippen molar-refractivity contribution >= 4 is 22.8 Å². The van der Waals surface area contributed by atoms with E-state index < -0.39 is 5.97 Å². The third-order valence-corrected chi connectivity index (χ3v) is 7.30. The number of nitrogens with two attached hydrogens (primary N) is 1. The van der Waals surface area contributed by atoms with Crippen LogP contribution in [0.25, 0.3) is 33.2 Å². The van der Waals surface area contributed by atoms with E-state index in [9.17, 15) is 14.7 Å². The van der Waals surface area contributed by atoms with E-state index in [1.165, 1.54) is 16.7 Å². The number of anilines is 1. The van der Waals surface area contributed by atoms with Gasteiger partial charge in [0.25, 0.3) is 5.56 Å². The minimum atomic E-state index is -1.01. The van der Waals surface area contributed by atoms with Crippen LogP contribution in [-0.2, 0) is 11.3 Å². The zero-order valence-electron chi connectivity index (χ0n) is 21.2. The summed E-state index contributed by atoms with van der Waals surface area (Å²) < 4.78 is 7.80. The summed E-state index contributed by atoms with van der Waals surface area (Å²) in [6, 6.07) is 30.2. The first kappa shape index (κ1) is 24.6. The van der Waals surface area contributed by atoms with Crippen molar-refractivity contribution in [3.05, 3.63) is 119 Å². The van der Waals surface area contributed by atoms with Gasteiger partial charge in [0.1, 0.15) is 0 Å². The summed E-state index contributed by atoms with van der Waals surface area (Å²) in [6.07, 6.45) is 1.49. The van der Waals surface area contributed by atoms with E-state index in [1.54, 1.807) is 12.1 Å². The molecule has 39 heavy (non-hydrogen) atoms. The van der Waals surface area contributed by atoms with Gasteiger partial charge in [-0.2, -0.15) is 0 Å². The zero-order valence-corrected chi connectivity index (χ0v) is 21.2. The molecule has 194 valence electrons. The predicted molar refractivity (Wildman–Crippen MR) is 152 cm³/mol. The van der Waals surface area contributed by atoms with Gasteiger partial charge in [0.2, 0.25) is 5.95 Å². The van der Waals surface area contributed by atoms with Gasteiger partial charge in [-0.05, 0) is 64.9 Å². The molecular formula is C32H27N3O4. The van der Waals surface area contributed by atoms with Crippen molar-refractivity contribution in [2.24, 2.45) is 0 Å². The first-order chi connectivity index (χ1) is 19.0. The van der Waals surface area contributed by atoms with Crippen LogP contribution in [0.2, 0.25) is 0 Å². The highest BCUT2D eigenvalue weighted by molar-refractivity contribution is 5.98. The third kappa shape index (κ3) is 4.80. The molecule has 0 spiro atoms. The molecule has 3 N–H and O–H groups in total. The molecule has 0 aliphatic carbocycles. The Balaban J connectivity index is 1.44. The lowest BCUT2D eigenvalue weighted by Gasteiger charge is -2.18. The molecule has 4 aromatic carbocycles. The lowest BCUT2D eigenvalue weighted by atomic mass is 9.95. The molecule has 2 heterocycles. The smallest absolute Gasteiger partial charge is 0.335 e. The lowest BCUT2D eigenvalue weighted by Crippen LogP contribution is -2.30. The second-order valence-electron chi connectivity index (χ2n) is 9.79. The molecular weight excluding hydrogens is 490 g/mol. The van der Waals surface area contributed by atoms with E-state index in [1.807, 2.05) is 60.7 Å². The molecule has 1 aliphatic heterocycles. The number of aromatic nitrogens is 2. The van der Waals surface area contributed by atoms with Gasteiger partial charge in [-0.1, -0.05) is 72.8 Å². The number of carbonyl (C=O) groups is 1. The van der Waals surface area contributed by atoms with Crippen molar-refractivity contribution in [1.29, 1.82) is 0 Å². The molecule has 1 aromatic heterocycles.